The largest absolute Gasteiger partial charge is 0.504 e. The van der Waals surface area contributed by atoms with Crippen LogP contribution < -0.4 is 10.1 Å². The van der Waals surface area contributed by atoms with Gasteiger partial charge in [0, 0.05) is 25.2 Å². The molecule has 2 N–H and O–H groups in total. The van der Waals surface area contributed by atoms with Gasteiger partial charge in [-0.25, -0.2) is 0 Å². The molecule has 2 atom stereocenters. The number of nitrogens with one attached hydrogen (secondary N) is 1. The summed E-state index contributed by atoms with van der Waals surface area (Å²) in [5.41, 5.74) is 1.18. The Hall–Kier alpha value is -1.26. The predicted octanol–water partition coefficient (Wildman–Crippen LogP) is 1.76. The Balaban J connectivity index is 2.11. The lowest BCUT2D eigenvalue weighted by molar-refractivity contribution is 0.256. The van der Waals surface area contributed by atoms with E-state index in [9.17, 15) is 5.11 Å². The fraction of sp³-hybridized carbons (Fsp3) is 0.571. The number of rotatable bonds is 4. The molecule has 2 unspecified atom stereocenters. The fourth-order valence-electron chi connectivity index (χ4n) is 2.54. The maximum atomic E-state index is 9.61. The van der Waals surface area contributed by atoms with Crippen LogP contribution in [0.1, 0.15) is 24.9 Å². The quantitative estimate of drug-likeness (QED) is 0.854. The van der Waals surface area contributed by atoms with Crippen LogP contribution in [0, 0.1) is 0 Å². The second kappa shape index (κ2) is 5.59. The van der Waals surface area contributed by atoms with Crippen LogP contribution in [0.4, 0.5) is 0 Å². The topological polar surface area (TPSA) is 44.7 Å². The molecule has 0 radical (unpaired) electrons. The Bertz CT molecular complexity index is 409. The molecule has 2 rings (SSSR count). The summed E-state index contributed by atoms with van der Waals surface area (Å²) in [6.45, 7) is 4.38. The maximum absolute atomic E-state index is 9.61. The van der Waals surface area contributed by atoms with Crippen LogP contribution >= 0.6 is 0 Å². The molecule has 1 aliphatic rings. The van der Waals surface area contributed by atoms with Gasteiger partial charge in [-0.2, -0.15) is 0 Å². The first-order valence-corrected chi connectivity index (χ1v) is 6.44. The summed E-state index contributed by atoms with van der Waals surface area (Å²) in [6, 6.07) is 6.53. The number of aromatic hydroxyl groups is 1. The molecule has 100 valence electrons. The van der Waals surface area contributed by atoms with E-state index in [0.717, 1.165) is 13.1 Å². The van der Waals surface area contributed by atoms with Crippen LogP contribution in [0.15, 0.2) is 18.2 Å². The first-order chi connectivity index (χ1) is 8.65. The number of likely N-dealkylation sites (N-methyl/N-ethyl adjacent to an activating group) is 1. The van der Waals surface area contributed by atoms with Crippen molar-refractivity contribution in [1.29, 1.82) is 0 Å². The number of phenols is 1. The second-order valence-electron chi connectivity index (χ2n) is 4.88. The van der Waals surface area contributed by atoms with Crippen LogP contribution in [0.2, 0.25) is 0 Å². The van der Waals surface area contributed by atoms with Gasteiger partial charge in [0.15, 0.2) is 11.5 Å². The summed E-state index contributed by atoms with van der Waals surface area (Å²) >= 11 is 0. The Morgan fingerprint density at radius 3 is 2.89 bits per heavy atom. The molecule has 1 saturated heterocycles. The minimum Gasteiger partial charge on any atom is -0.504 e. The van der Waals surface area contributed by atoms with Crippen molar-refractivity contribution in [3.8, 4) is 11.5 Å². The Labute approximate surface area is 109 Å². The van der Waals surface area contributed by atoms with Crippen molar-refractivity contribution >= 4 is 0 Å². The van der Waals surface area contributed by atoms with Crippen molar-refractivity contribution in [2.24, 2.45) is 0 Å². The van der Waals surface area contributed by atoms with Crippen molar-refractivity contribution in [1.82, 2.24) is 10.2 Å². The van der Waals surface area contributed by atoms with Gasteiger partial charge in [0.1, 0.15) is 0 Å². The van der Waals surface area contributed by atoms with Crippen LogP contribution in [0.25, 0.3) is 0 Å². The molecule has 0 aliphatic carbocycles. The molecular formula is C14H22N2O2. The Morgan fingerprint density at radius 1 is 1.50 bits per heavy atom. The zero-order valence-electron chi connectivity index (χ0n) is 11.3. The normalized spacial score (nSPS) is 22.1. The number of hydrogen-bond donors (Lipinski definition) is 2. The zero-order valence-corrected chi connectivity index (χ0v) is 11.3. The third-order valence-electron chi connectivity index (χ3n) is 3.86. The molecule has 18 heavy (non-hydrogen) atoms. The van der Waals surface area contributed by atoms with Gasteiger partial charge in [0.25, 0.3) is 0 Å². The number of likely N-dealkylation sites (tertiary alicyclic amines) is 1. The van der Waals surface area contributed by atoms with Crippen LogP contribution in [-0.2, 0) is 0 Å². The summed E-state index contributed by atoms with van der Waals surface area (Å²) in [7, 11) is 3.60. The number of benzene rings is 1. The van der Waals surface area contributed by atoms with Crippen molar-refractivity contribution in [3.63, 3.8) is 0 Å². The first-order valence-electron chi connectivity index (χ1n) is 6.44. The molecule has 0 spiro atoms. The molecule has 0 amide bonds. The van der Waals surface area contributed by atoms with Gasteiger partial charge in [-0.05, 0) is 38.1 Å². The average molecular weight is 250 g/mol. The first kappa shape index (κ1) is 13.2. The third-order valence-corrected chi connectivity index (χ3v) is 3.86. The average Bonchev–Trinajstić information content (AvgIpc) is 2.87. The maximum Gasteiger partial charge on any atom is 0.160 e. The van der Waals surface area contributed by atoms with E-state index < -0.39 is 0 Å². The van der Waals surface area contributed by atoms with Gasteiger partial charge in [-0.15, -0.1) is 0 Å². The standard InChI is InChI=1S/C14H22N2O2/c1-10(16-7-6-12(9-16)15-2)11-4-5-13(17)14(8-11)18-3/h4-5,8,10,12,15,17H,6-7,9H2,1-3H3. The van der Waals surface area contributed by atoms with Gasteiger partial charge in [0.2, 0.25) is 0 Å². The third kappa shape index (κ3) is 2.60. The van der Waals surface area contributed by atoms with E-state index in [2.05, 4.69) is 17.1 Å². The van der Waals surface area contributed by atoms with E-state index in [1.165, 1.54) is 12.0 Å². The Kier molecular flexibility index (Phi) is 4.09. The lowest BCUT2D eigenvalue weighted by atomic mass is 10.1. The summed E-state index contributed by atoms with van der Waals surface area (Å²) < 4.78 is 5.16. The Morgan fingerprint density at radius 2 is 2.28 bits per heavy atom. The minimum atomic E-state index is 0.197. The highest BCUT2D eigenvalue weighted by atomic mass is 16.5. The van der Waals surface area contributed by atoms with E-state index >= 15 is 0 Å². The molecule has 1 fully saturated rings. The van der Waals surface area contributed by atoms with Crippen LogP contribution in [-0.4, -0.2) is 43.3 Å². The van der Waals surface area contributed by atoms with Gasteiger partial charge in [-0.1, -0.05) is 6.07 Å². The van der Waals surface area contributed by atoms with Crippen LogP contribution in [0.5, 0.6) is 11.5 Å². The van der Waals surface area contributed by atoms with Crippen molar-refractivity contribution in [2.45, 2.75) is 25.4 Å². The van der Waals surface area contributed by atoms with E-state index in [1.807, 2.05) is 19.2 Å². The van der Waals surface area contributed by atoms with Gasteiger partial charge >= 0.3 is 0 Å². The molecule has 0 bridgehead atoms. The number of hydrogen-bond acceptors (Lipinski definition) is 4. The monoisotopic (exact) mass is 250 g/mol. The van der Waals surface area contributed by atoms with Gasteiger partial charge in [-0.3, -0.25) is 4.90 Å². The van der Waals surface area contributed by atoms with Gasteiger partial charge < -0.3 is 15.2 Å². The fourth-order valence-corrected chi connectivity index (χ4v) is 2.54. The molecular weight excluding hydrogens is 228 g/mol. The number of nitrogens with zero attached hydrogens (tertiary/aromatic N) is 1. The molecule has 1 aliphatic heterocycles. The highest BCUT2D eigenvalue weighted by molar-refractivity contribution is 5.42. The van der Waals surface area contributed by atoms with E-state index in [-0.39, 0.29) is 5.75 Å². The molecule has 0 saturated carbocycles. The molecule has 4 heteroatoms. The van der Waals surface area contributed by atoms with E-state index in [0.29, 0.717) is 17.8 Å². The van der Waals surface area contributed by atoms with Crippen molar-refractivity contribution < 1.29 is 9.84 Å². The highest BCUT2D eigenvalue weighted by Gasteiger charge is 2.26. The van der Waals surface area contributed by atoms with Gasteiger partial charge in [0.05, 0.1) is 7.11 Å². The molecule has 0 aromatic heterocycles. The van der Waals surface area contributed by atoms with E-state index in [4.69, 9.17) is 4.74 Å². The summed E-state index contributed by atoms with van der Waals surface area (Å²) in [4.78, 5) is 2.45. The molecule has 1 aromatic rings. The smallest absolute Gasteiger partial charge is 0.160 e. The number of ether oxygens (including phenoxy) is 1. The molecule has 4 nitrogen and oxygen atoms in total. The summed E-state index contributed by atoms with van der Waals surface area (Å²) in [6.07, 6.45) is 1.19. The van der Waals surface area contributed by atoms with E-state index in [1.54, 1.807) is 13.2 Å². The van der Waals surface area contributed by atoms with Crippen molar-refractivity contribution in [2.75, 3.05) is 27.2 Å². The lowest BCUT2D eigenvalue weighted by Crippen LogP contribution is -2.31. The highest BCUT2D eigenvalue weighted by Crippen LogP contribution is 2.32. The SMILES string of the molecule is CNC1CCN(C(C)c2ccc(O)c(OC)c2)C1. The second-order valence-corrected chi connectivity index (χ2v) is 4.88. The number of phenolic OH excluding ortho intramolecular Hbond substituents is 1. The molecule has 1 heterocycles. The van der Waals surface area contributed by atoms with Crippen molar-refractivity contribution in [3.05, 3.63) is 23.8 Å². The van der Waals surface area contributed by atoms with Crippen LogP contribution in [0.3, 0.4) is 0 Å². The minimum absolute atomic E-state index is 0.197. The lowest BCUT2D eigenvalue weighted by Gasteiger charge is -2.25. The zero-order chi connectivity index (χ0) is 13.1. The summed E-state index contributed by atoms with van der Waals surface area (Å²) in [5, 5.41) is 12.9. The molecule has 1 aromatic carbocycles. The predicted molar refractivity (Wildman–Crippen MR) is 72.1 cm³/mol. The number of methoxy groups -OCH3 is 1. The summed E-state index contributed by atoms with van der Waals surface area (Å²) in [5.74, 6) is 0.742.